The first kappa shape index (κ1) is 20.0. The van der Waals surface area contributed by atoms with Crippen molar-refractivity contribution in [3.63, 3.8) is 0 Å². The first-order chi connectivity index (χ1) is 13.7. The SMILES string of the molecule is CCCCOc1c(C(F)(F)F)ccc2c1-c1cc(OCC)cc[n+]1C1(C)CC21C. The Morgan fingerprint density at radius 3 is 2.52 bits per heavy atom. The zero-order chi connectivity index (χ0) is 21.0. The number of fused-ring (bicyclic) bond motifs is 6. The molecule has 1 fully saturated rings. The number of unbranched alkanes of at least 4 members (excludes halogenated alkanes) is 1. The van der Waals surface area contributed by atoms with E-state index in [4.69, 9.17) is 9.47 Å². The molecule has 2 unspecified atom stereocenters. The number of aromatic nitrogens is 1. The van der Waals surface area contributed by atoms with Gasteiger partial charge in [-0.25, -0.2) is 0 Å². The number of benzene rings is 1. The first-order valence-electron chi connectivity index (χ1n) is 10.2. The average molecular weight is 406 g/mol. The van der Waals surface area contributed by atoms with E-state index in [9.17, 15) is 13.2 Å². The second-order valence-corrected chi connectivity index (χ2v) is 8.40. The normalized spacial score (nSPS) is 24.4. The minimum atomic E-state index is -4.48. The topological polar surface area (TPSA) is 22.3 Å². The molecule has 2 aromatic rings. The second kappa shape index (κ2) is 6.64. The van der Waals surface area contributed by atoms with Crippen LogP contribution in [0.4, 0.5) is 13.2 Å². The molecule has 1 aliphatic carbocycles. The molecule has 156 valence electrons. The summed E-state index contributed by atoms with van der Waals surface area (Å²) in [5, 5.41) is 0. The van der Waals surface area contributed by atoms with Gasteiger partial charge in [0.05, 0.1) is 35.8 Å². The van der Waals surface area contributed by atoms with E-state index in [1.54, 1.807) is 6.07 Å². The molecular formula is C23H27F3NO2+. The molecule has 3 nitrogen and oxygen atoms in total. The van der Waals surface area contributed by atoms with Crippen molar-refractivity contribution in [1.82, 2.24) is 0 Å². The lowest BCUT2D eigenvalue weighted by molar-refractivity contribution is -0.731. The fourth-order valence-electron chi connectivity index (χ4n) is 4.73. The van der Waals surface area contributed by atoms with Gasteiger partial charge in [-0.05, 0) is 31.9 Å². The lowest BCUT2D eigenvalue weighted by atomic mass is 9.82. The fraction of sp³-hybridized carbons (Fsp3) is 0.522. The molecule has 1 saturated carbocycles. The number of halogens is 3. The highest BCUT2D eigenvalue weighted by molar-refractivity contribution is 5.76. The quantitative estimate of drug-likeness (QED) is 0.458. The largest absolute Gasteiger partial charge is 0.493 e. The Morgan fingerprint density at radius 2 is 1.86 bits per heavy atom. The summed E-state index contributed by atoms with van der Waals surface area (Å²) < 4.78 is 55.2. The van der Waals surface area contributed by atoms with Gasteiger partial charge in [-0.15, -0.1) is 0 Å². The van der Waals surface area contributed by atoms with Crippen LogP contribution >= 0.6 is 0 Å². The first-order valence-corrected chi connectivity index (χ1v) is 10.2. The van der Waals surface area contributed by atoms with Crippen molar-refractivity contribution in [2.45, 2.75) is 64.1 Å². The van der Waals surface area contributed by atoms with Gasteiger partial charge in [-0.3, -0.25) is 0 Å². The predicted octanol–water partition coefficient (Wildman–Crippen LogP) is 5.63. The van der Waals surface area contributed by atoms with Crippen LogP contribution in [0.25, 0.3) is 11.3 Å². The average Bonchev–Trinajstić information content (AvgIpc) is 3.25. The molecule has 1 aromatic carbocycles. The van der Waals surface area contributed by atoms with Gasteiger partial charge in [-0.1, -0.05) is 19.4 Å². The van der Waals surface area contributed by atoms with Crippen LogP contribution in [-0.4, -0.2) is 13.2 Å². The Morgan fingerprint density at radius 1 is 1.10 bits per heavy atom. The number of hydrogen-bond acceptors (Lipinski definition) is 2. The van der Waals surface area contributed by atoms with Gasteiger partial charge in [0, 0.05) is 19.4 Å². The summed E-state index contributed by atoms with van der Waals surface area (Å²) in [5.41, 5.74) is 1.10. The zero-order valence-corrected chi connectivity index (χ0v) is 17.3. The van der Waals surface area contributed by atoms with Crippen LogP contribution in [0.1, 0.15) is 58.1 Å². The number of rotatable bonds is 6. The number of pyridine rings is 1. The third kappa shape index (κ3) is 2.90. The van der Waals surface area contributed by atoms with E-state index >= 15 is 0 Å². The maximum absolute atomic E-state index is 13.9. The van der Waals surface area contributed by atoms with Gasteiger partial charge in [-0.2, -0.15) is 17.7 Å². The number of ether oxygens (including phenoxy) is 2. The van der Waals surface area contributed by atoms with E-state index in [0.717, 1.165) is 24.1 Å². The van der Waals surface area contributed by atoms with Crippen molar-refractivity contribution < 1.29 is 27.2 Å². The smallest absolute Gasteiger partial charge is 0.419 e. The van der Waals surface area contributed by atoms with Crippen LogP contribution in [0.5, 0.6) is 11.5 Å². The van der Waals surface area contributed by atoms with E-state index in [1.807, 2.05) is 32.2 Å². The van der Waals surface area contributed by atoms with Crippen LogP contribution in [0.15, 0.2) is 30.5 Å². The monoisotopic (exact) mass is 406 g/mol. The summed E-state index contributed by atoms with van der Waals surface area (Å²) in [6, 6.07) is 6.56. The Bertz CT molecular complexity index is 956. The van der Waals surface area contributed by atoms with Gasteiger partial charge < -0.3 is 9.47 Å². The molecule has 4 rings (SSSR count). The molecule has 0 saturated heterocycles. The Labute approximate surface area is 169 Å². The minimum absolute atomic E-state index is 0.0546. The Balaban J connectivity index is 1.99. The molecule has 2 atom stereocenters. The lowest BCUT2D eigenvalue weighted by Crippen LogP contribution is -2.52. The van der Waals surface area contributed by atoms with Crippen LogP contribution < -0.4 is 14.0 Å². The summed E-state index contributed by atoms with van der Waals surface area (Å²) in [4.78, 5) is 0. The predicted molar refractivity (Wildman–Crippen MR) is 104 cm³/mol. The summed E-state index contributed by atoms with van der Waals surface area (Å²) in [7, 11) is 0. The van der Waals surface area contributed by atoms with Crippen LogP contribution in [0.2, 0.25) is 0 Å². The van der Waals surface area contributed by atoms with Crippen LogP contribution in [0.3, 0.4) is 0 Å². The molecule has 2 heterocycles. The van der Waals surface area contributed by atoms with E-state index < -0.39 is 11.7 Å². The molecule has 2 aliphatic rings. The molecular weight excluding hydrogens is 379 g/mol. The molecule has 1 aromatic heterocycles. The summed E-state index contributed by atoms with van der Waals surface area (Å²) in [6.07, 6.45) is -0.117. The molecule has 1 aliphatic heterocycles. The van der Waals surface area contributed by atoms with Crippen molar-refractivity contribution in [3.05, 3.63) is 41.6 Å². The van der Waals surface area contributed by atoms with E-state index in [1.165, 1.54) is 6.07 Å². The molecule has 0 radical (unpaired) electrons. The van der Waals surface area contributed by atoms with Gasteiger partial charge in [0.15, 0.2) is 11.7 Å². The Kier molecular flexibility index (Phi) is 4.59. The van der Waals surface area contributed by atoms with E-state index in [2.05, 4.69) is 18.4 Å². The van der Waals surface area contributed by atoms with Gasteiger partial charge in [0.1, 0.15) is 11.5 Å². The highest BCUT2D eigenvalue weighted by atomic mass is 19.4. The number of nitrogens with zero attached hydrogens (tertiary/aromatic N) is 1. The molecule has 6 heteroatoms. The summed E-state index contributed by atoms with van der Waals surface area (Å²) >= 11 is 0. The highest BCUT2D eigenvalue weighted by Crippen LogP contribution is 2.65. The molecule has 0 N–H and O–H groups in total. The third-order valence-corrected chi connectivity index (χ3v) is 6.59. The van der Waals surface area contributed by atoms with Crippen molar-refractivity contribution in [2.75, 3.05) is 13.2 Å². The summed E-state index contributed by atoms with van der Waals surface area (Å²) in [5.74, 6) is 0.593. The van der Waals surface area contributed by atoms with Gasteiger partial charge in [0.2, 0.25) is 5.69 Å². The van der Waals surface area contributed by atoms with Crippen LogP contribution in [0, 0.1) is 0 Å². The molecule has 29 heavy (non-hydrogen) atoms. The highest BCUT2D eigenvalue weighted by Gasteiger charge is 2.74. The summed E-state index contributed by atoms with van der Waals surface area (Å²) in [6.45, 7) is 8.92. The molecule has 0 spiro atoms. The van der Waals surface area contributed by atoms with Crippen molar-refractivity contribution >= 4 is 0 Å². The second-order valence-electron chi connectivity index (χ2n) is 8.40. The van der Waals surface area contributed by atoms with Gasteiger partial charge in [0.25, 0.3) is 0 Å². The zero-order valence-electron chi connectivity index (χ0n) is 17.3. The molecule has 0 amide bonds. The minimum Gasteiger partial charge on any atom is -0.493 e. The van der Waals surface area contributed by atoms with Crippen molar-refractivity contribution in [1.29, 1.82) is 0 Å². The number of alkyl halides is 3. The maximum Gasteiger partial charge on any atom is 0.419 e. The van der Waals surface area contributed by atoms with E-state index in [0.29, 0.717) is 24.3 Å². The maximum atomic E-state index is 13.9. The third-order valence-electron chi connectivity index (χ3n) is 6.59. The Hall–Kier alpha value is -2.24. The van der Waals surface area contributed by atoms with Crippen LogP contribution in [-0.2, 0) is 17.1 Å². The lowest BCUT2D eigenvalue weighted by Gasteiger charge is -2.28. The van der Waals surface area contributed by atoms with E-state index in [-0.39, 0.29) is 23.3 Å². The standard InChI is InChI=1S/C23H27F3NO2/c1-5-7-12-29-20-17(23(24,25)26)9-8-16-19(20)18-13-15(28-6-2)10-11-27(18)22(4)14-21(16,22)3/h8-11,13H,5-7,12,14H2,1-4H3/q+1. The molecule has 0 bridgehead atoms. The number of hydrogen-bond donors (Lipinski definition) is 0. The van der Waals surface area contributed by atoms with Crippen molar-refractivity contribution in [2.24, 2.45) is 0 Å². The fourth-order valence-corrected chi connectivity index (χ4v) is 4.73. The van der Waals surface area contributed by atoms with Gasteiger partial charge >= 0.3 is 6.18 Å². The van der Waals surface area contributed by atoms with Crippen molar-refractivity contribution in [3.8, 4) is 22.8 Å².